The molecule has 0 bridgehead atoms. The van der Waals surface area contributed by atoms with Gasteiger partial charge in [-0.25, -0.2) is 13.1 Å². The average molecular weight is 478 g/mol. The van der Waals surface area contributed by atoms with Gasteiger partial charge in [-0.15, -0.1) is 0 Å². The largest absolute Gasteiger partial charge is 0.467 e. The van der Waals surface area contributed by atoms with Crippen molar-refractivity contribution in [3.05, 3.63) is 54.0 Å². The monoisotopic (exact) mass is 477 g/mol. The molecule has 0 aliphatic carbocycles. The standard InChI is InChI=1S/C24H35N3O5S/c1-7-24(5,6)26-23(29)22(17(2)3)27(16-19-9-8-14-32-19)21(28)15-25-33(30,31)20-12-10-18(4)11-13-20/h8-14,17,22,25H,7,15-16H2,1-6H3,(H,26,29)/t22-/m0/s1. The van der Waals surface area contributed by atoms with Gasteiger partial charge in [0, 0.05) is 5.54 Å². The molecule has 8 nitrogen and oxygen atoms in total. The van der Waals surface area contributed by atoms with E-state index in [9.17, 15) is 18.0 Å². The van der Waals surface area contributed by atoms with Gasteiger partial charge in [0.05, 0.1) is 24.2 Å². The zero-order valence-electron chi connectivity index (χ0n) is 20.2. The third kappa shape index (κ3) is 7.43. The zero-order valence-corrected chi connectivity index (χ0v) is 21.0. The molecule has 0 aliphatic heterocycles. The highest BCUT2D eigenvalue weighted by Crippen LogP contribution is 2.19. The van der Waals surface area contributed by atoms with Gasteiger partial charge in [-0.1, -0.05) is 38.5 Å². The molecule has 1 aromatic heterocycles. The molecule has 0 saturated heterocycles. The first-order valence-electron chi connectivity index (χ1n) is 11.1. The van der Waals surface area contributed by atoms with E-state index in [-0.39, 0.29) is 23.3 Å². The molecule has 1 heterocycles. The summed E-state index contributed by atoms with van der Waals surface area (Å²) in [6.07, 6.45) is 2.20. The fraction of sp³-hybridized carbons (Fsp3) is 0.500. The minimum Gasteiger partial charge on any atom is -0.467 e. The van der Waals surface area contributed by atoms with Crippen LogP contribution in [-0.4, -0.2) is 43.3 Å². The van der Waals surface area contributed by atoms with E-state index in [1.807, 2.05) is 41.5 Å². The van der Waals surface area contributed by atoms with Crippen LogP contribution in [0.3, 0.4) is 0 Å². The summed E-state index contributed by atoms with van der Waals surface area (Å²) in [5.74, 6) is -0.536. The number of amides is 2. The van der Waals surface area contributed by atoms with Crippen LogP contribution in [0, 0.1) is 12.8 Å². The lowest BCUT2D eigenvalue weighted by atomic mass is 9.97. The smallest absolute Gasteiger partial charge is 0.243 e. The maximum atomic E-state index is 13.3. The molecule has 9 heteroatoms. The molecule has 0 aliphatic rings. The summed E-state index contributed by atoms with van der Waals surface area (Å²) in [5.41, 5.74) is 0.479. The van der Waals surface area contributed by atoms with E-state index in [0.29, 0.717) is 12.2 Å². The van der Waals surface area contributed by atoms with E-state index in [1.54, 1.807) is 24.3 Å². The van der Waals surface area contributed by atoms with Crippen molar-refractivity contribution in [2.24, 2.45) is 5.92 Å². The Morgan fingerprint density at radius 1 is 1.12 bits per heavy atom. The Balaban J connectivity index is 2.28. The number of rotatable bonds is 11. The van der Waals surface area contributed by atoms with Crippen molar-refractivity contribution >= 4 is 21.8 Å². The van der Waals surface area contributed by atoms with E-state index in [1.165, 1.54) is 23.3 Å². The van der Waals surface area contributed by atoms with Gasteiger partial charge in [0.25, 0.3) is 0 Å². The van der Waals surface area contributed by atoms with Crippen molar-refractivity contribution < 1.29 is 22.4 Å². The van der Waals surface area contributed by atoms with Crippen molar-refractivity contribution in [2.45, 2.75) is 71.0 Å². The normalized spacial score (nSPS) is 13.1. The predicted molar refractivity (Wildman–Crippen MR) is 127 cm³/mol. The Labute approximate surface area is 196 Å². The molecule has 2 rings (SSSR count). The lowest BCUT2D eigenvalue weighted by Crippen LogP contribution is -2.57. The van der Waals surface area contributed by atoms with Crippen LogP contribution in [0.1, 0.15) is 52.4 Å². The van der Waals surface area contributed by atoms with Crippen LogP contribution in [0.25, 0.3) is 0 Å². The molecule has 2 aromatic rings. The Bertz CT molecular complexity index is 1030. The fourth-order valence-electron chi connectivity index (χ4n) is 3.27. The first-order chi connectivity index (χ1) is 15.4. The van der Waals surface area contributed by atoms with Crippen molar-refractivity contribution in [1.29, 1.82) is 0 Å². The van der Waals surface area contributed by atoms with E-state index < -0.39 is 34.1 Å². The second-order valence-corrected chi connectivity index (χ2v) is 10.9. The van der Waals surface area contributed by atoms with Crippen molar-refractivity contribution in [1.82, 2.24) is 14.9 Å². The van der Waals surface area contributed by atoms with Crippen LogP contribution >= 0.6 is 0 Å². The van der Waals surface area contributed by atoms with Crippen LogP contribution in [0.5, 0.6) is 0 Å². The zero-order chi connectivity index (χ0) is 24.8. The minimum absolute atomic E-state index is 0.0426. The summed E-state index contributed by atoms with van der Waals surface area (Å²) in [5, 5.41) is 3.00. The number of nitrogens with one attached hydrogen (secondary N) is 2. The van der Waals surface area contributed by atoms with Crippen LogP contribution in [0.15, 0.2) is 52.0 Å². The van der Waals surface area contributed by atoms with Gasteiger partial charge < -0.3 is 14.6 Å². The molecular formula is C24H35N3O5S. The van der Waals surface area contributed by atoms with Gasteiger partial charge >= 0.3 is 0 Å². The Hall–Kier alpha value is -2.65. The van der Waals surface area contributed by atoms with Gasteiger partial charge in [0.1, 0.15) is 11.8 Å². The van der Waals surface area contributed by atoms with Crippen LogP contribution < -0.4 is 10.0 Å². The van der Waals surface area contributed by atoms with Gasteiger partial charge in [0.15, 0.2) is 0 Å². The highest BCUT2D eigenvalue weighted by atomic mass is 32.2. The number of hydrogen-bond acceptors (Lipinski definition) is 5. The second kappa shape index (κ2) is 11.0. The Morgan fingerprint density at radius 2 is 1.76 bits per heavy atom. The van der Waals surface area contributed by atoms with E-state index in [0.717, 1.165) is 5.56 Å². The summed E-state index contributed by atoms with van der Waals surface area (Å²) in [4.78, 5) is 27.9. The number of benzene rings is 1. The Kier molecular flexibility index (Phi) is 8.85. The van der Waals surface area contributed by atoms with Crippen molar-refractivity contribution in [3.63, 3.8) is 0 Å². The van der Waals surface area contributed by atoms with Gasteiger partial charge in [-0.2, -0.15) is 0 Å². The lowest BCUT2D eigenvalue weighted by molar-refractivity contribution is -0.143. The molecule has 1 atom stereocenters. The number of sulfonamides is 1. The molecule has 2 amide bonds. The van der Waals surface area contributed by atoms with Gasteiger partial charge in [-0.3, -0.25) is 9.59 Å². The van der Waals surface area contributed by atoms with Crippen molar-refractivity contribution in [3.8, 4) is 0 Å². The lowest BCUT2D eigenvalue weighted by Gasteiger charge is -2.36. The third-order valence-electron chi connectivity index (χ3n) is 5.55. The molecule has 0 fully saturated rings. The molecule has 182 valence electrons. The highest BCUT2D eigenvalue weighted by Gasteiger charge is 2.35. The summed E-state index contributed by atoms with van der Waals surface area (Å²) < 4.78 is 33.1. The Morgan fingerprint density at radius 3 is 2.27 bits per heavy atom. The quantitative estimate of drug-likeness (QED) is 0.517. The highest BCUT2D eigenvalue weighted by molar-refractivity contribution is 7.89. The van der Waals surface area contributed by atoms with Crippen LogP contribution in [0.4, 0.5) is 0 Å². The summed E-state index contributed by atoms with van der Waals surface area (Å²) in [7, 11) is -3.89. The average Bonchev–Trinajstić information content (AvgIpc) is 3.24. The van der Waals surface area contributed by atoms with Crippen molar-refractivity contribution in [2.75, 3.05) is 6.54 Å². The molecule has 1 aromatic carbocycles. The molecule has 0 unspecified atom stereocenters. The minimum atomic E-state index is -3.89. The topological polar surface area (TPSA) is 109 Å². The first kappa shape index (κ1) is 26.6. The number of carbonyl (C=O) groups excluding carboxylic acids is 2. The maximum absolute atomic E-state index is 13.3. The number of carbonyl (C=O) groups is 2. The number of nitrogens with zero attached hydrogens (tertiary/aromatic N) is 1. The molecule has 0 saturated carbocycles. The van der Waals surface area contributed by atoms with Crippen LogP contribution in [0.2, 0.25) is 0 Å². The fourth-order valence-corrected chi connectivity index (χ4v) is 4.25. The molecular weight excluding hydrogens is 442 g/mol. The maximum Gasteiger partial charge on any atom is 0.243 e. The number of hydrogen-bond donors (Lipinski definition) is 2. The van der Waals surface area contributed by atoms with Gasteiger partial charge in [0.2, 0.25) is 21.8 Å². The summed E-state index contributed by atoms with van der Waals surface area (Å²) >= 11 is 0. The van der Waals surface area contributed by atoms with E-state index >= 15 is 0 Å². The third-order valence-corrected chi connectivity index (χ3v) is 6.97. The molecule has 0 spiro atoms. The second-order valence-electron chi connectivity index (χ2n) is 9.15. The van der Waals surface area contributed by atoms with Crippen LogP contribution in [-0.2, 0) is 26.2 Å². The SMILES string of the molecule is CCC(C)(C)NC(=O)[C@H](C(C)C)N(Cc1ccco1)C(=O)CNS(=O)(=O)c1ccc(C)cc1. The van der Waals surface area contributed by atoms with E-state index in [2.05, 4.69) is 10.0 Å². The molecule has 33 heavy (non-hydrogen) atoms. The first-order valence-corrected chi connectivity index (χ1v) is 12.5. The summed E-state index contributed by atoms with van der Waals surface area (Å²) in [6.45, 7) is 10.9. The van der Waals surface area contributed by atoms with Gasteiger partial charge in [-0.05, 0) is 57.4 Å². The molecule has 2 N–H and O–H groups in total. The number of aryl methyl sites for hydroxylation is 1. The predicted octanol–water partition coefficient (Wildman–Crippen LogP) is 3.22. The van der Waals surface area contributed by atoms with E-state index in [4.69, 9.17) is 4.42 Å². The number of furan rings is 1. The summed E-state index contributed by atoms with van der Waals surface area (Å²) in [6, 6.07) is 8.95. The molecule has 0 radical (unpaired) electrons.